The molecule has 130 valence electrons. The van der Waals surface area contributed by atoms with E-state index in [1.54, 1.807) is 12.1 Å². The second-order valence-electron chi connectivity index (χ2n) is 5.58. The van der Waals surface area contributed by atoms with Crippen molar-refractivity contribution in [3.8, 4) is 0 Å². The highest BCUT2D eigenvalue weighted by Crippen LogP contribution is 2.31. The normalized spacial score (nSPS) is 10.8. The molecule has 0 aliphatic carbocycles. The molecule has 4 rings (SSSR count). The molecule has 4 N–H and O–H groups in total. The molecule has 8 heteroatoms. The number of thiazole rings is 1. The molecule has 0 unspecified atom stereocenters. The van der Waals surface area contributed by atoms with Crippen LogP contribution in [0.5, 0.6) is 0 Å². The van der Waals surface area contributed by atoms with Gasteiger partial charge in [-0.2, -0.15) is 0 Å². The number of hydrogen-bond donors (Lipinski definition) is 3. The summed E-state index contributed by atoms with van der Waals surface area (Å²) in [5.74, 6) is 0.728. The third-order valence-corrected chi connectivity index (χ3v) is 4.73. The lowest BCUT2D eigenvalue weighted by Crippen LogP contribution is -2.08. The molecule has 0 aliphatic rings. The van der Waals surface area contributed by atoms with Crippen molar-refractivity contribution in [3.05, 3.63) is 66.2 Å². The van der Waals surface area contributed by atoms with Gasteiger partial charge in [-0.05, 0) is 29.8 Å². The number of nitrogens with one attached hydrogen (secondary N) is 2. The summed E-state index contributed by atoms with van der Waals surface area (Å²) in [6.45, 7) is 0.474. The van der Waals surface area contributed by atoms with Gasteiger partial charge in [-0.1, -0.05) is 35.6 Å². The maximum atomic E-state index is 13.0. The Morgan fingerprint density at radius 1 is 1.00 bits per heavy atom. The lowest BCUT2D eigenvalue weighted by Gasteiger charge is -2.11. The molecule has 0 saturated carbocycles. The quantitative estimate of drug-likeness (QED) is 0.491. The summed E-state index contributed by atoms with van der Waals surface area (Å²) >= 11 is 1.52. The van der Waals surface area contributed by atoms with Gasteiger partial charge in [-0.25, -0.2) is 19.3 Å². The molecule has 0 spiro atoms. The number of hydrogen-bond acceptors (Lipinski definition) is 7. The topological polar surface area (TPSA) is 88.8 Å². The van der Waals surface area contributed by atoms with Crippen LogP contribution >= 0.6 is 11.3 Å². The van der Waals surface area contributed by atoms with Crippen LogP contribution in [0.3, 0.4) is 0 Å². The molecule has 0 amide bonds. The highest BCUT2D eigenvalue weighted by atomic mass is 32.1. The van der Waals surface area contributed by atoms with Gasteiger partial charge in [0.05, 0.1) is 10.2 Å². The first kappa shape index (κ1) is 16.2. The summed E-state index contributed by atoms with van der Waals surface area (Å²) in [7, 11) is 0. The molecule has 0 fully saturated rings. The average Bonchev–Trinajstić information content (AvgIpc) is 3.06. The Labute approximate surface area is 152 Å². The Bertz CT molecular complexity index is 1010. The van der Waals surface area contributed by atoms with Crippen LogP contribution in [-0.4, -0.2) is 15.0 Å². The van der Waals surface area contributed by atoms with E-state index in [1.165, 1.54) is 29.8 Å². The van der Waals surface area contributed by atoms with E-state index in [0.29, 0.717) is 29.0 Å². The van der Waals surface area contributed by atoms with E-state index in [-0.39, 0.29) is 5.82 Å². The third kappa shape index (κ3) is 3.40. The Kier molecular flexibility index (Phi) is 4.32. The maximum Gasteiger partial charge on any atom is 0.189 e. The van der Waals surface area contributed by atoms with E-state index in [9.17, 15) is 4.39 Å². The molecule has 0 radical (unpaired) electrons. The number of nitrogens with zero attached hydrogens (tertiary/aromatic N) is 3. The van der Waals surface area contributed by atoms with Crippen molar-refractivity contribution in [2.45, 2.75) is 6.54 Å². The minimum absolute atomic E-state index is 0.266. The first-order chi connectivity index (χ1) is 12.7. The van der Waals surface area contributed by atoms with E-state index in [4.69, 9.17) is 5.73 Å². The van der Waals surface area contributed by atoms with Crippen LogP contribution in [0.25, 0.3) is 10.2 Å². The fourth-order valence-corrected chi connectivity index (χ4v) is 3.32. The average molecular weight is 366 g/mol. The summed E-state index contributed by atoms with van der Waals surface area (Å²) in [5.41, 5.74) is 8.42. The largest absolute Gasteiger partial charge is 0.393 e. The highest BCUT2D eigenvalue weighted by molar-refractivity contribution is 7.22. The number of anilines is 4. The number of para-hydroxylation sites is 1. The Morgan fingerprint density at radius 2 is 1.77 bits per heavy atom. The molecular formula is C18H15FN6S. The number of nitrogen functional groups attached to an aromatic ring is 1. The van der Waals surface area contributed by atoms with Gasteiger partial charge in [0.15, 0.2) is 16.8 Å². The van der Waals surface area contributed by atoms with E-state index >= 15 is 0 Å². The highest BCUT2D eigenvalue weighted by Gasteiger charge is 2.11. The van der Waals surface area contributed by atoms with Crippen molar-refractivity contribution >= 4 is 44.0 Å². The fourth-order valence-electron chi connectivity index (χ4n) is 2.45. The van der Waals surface area contributed by atoms with Gasteiger partial charge >= 0.3 is 0 Å². The molecule has 0 bridgehead atoms. The van der Waals surface area contributed by atoms with Crippen molar-refractivity contribution in [2.24, 2.45) is 0 Å². The zero-order chi connectivity index (χ0) is 17.9. The zero-order valence-electron chi connectivity index (χ0n) is 13.6. The standard InChI is InChI=1S/C18H15FN6S/c19-12-7-5-11(6-8-12)9-21-16-15(20)17(23-10-22-16)25-18-24-13-3-1-2-4-14(13)26-18/h1-8,10H,9,20H2,(H2,21,22,23,24,25). The molecule has 0 atom stereocenters. The molecule has 0 saturated heterocycles. The van der Waals surface area contributed by atoms with Crippen LogP contribution in [0.4, 0.5) is 26.8 Å². The second-order valence-corrected chi connectivity index (χ2v) is 6.61. The summed E-state index contributed by atoms with van der Waals surface area (Å²) in [6.07, 6.45) is 1.43. The van der Waals surface area contributed by atoms with E-state index in [0.717, 1.165) is 15.8 Å². The third-order valence-electron chi connectivity index (χ3n) is 3.78. The first-order valence-corrected chi connectivity index (χ1v) is 8.72. The number of halogens is 1. The molecule has 2 heterocycles. The van der Waals surface area contributed by atoms with Crippen molar-refractivity contribution in [3.63, 3.8) is 0 Å². The molecular weight excluding hydrogens is 351 g/mol. The predicted molar refractivity (Wildman–Crippen MR) is 103 cm³/mol. The zero-order valence-corrected chi connectivity index (χ0v) is 14.4. The fraction of sp³-hybridized carbons (Fsp3) is 0.0556. The van der Waals surface area contributed by atoms with Crippen LogP contribution in [0.1, 0.15) is 5.56 Å². The van der Waals surface area contributed by atoms with Gasteiger partial charge in [-0.3, -0.25) is 0 Å². The number of rotatable bonds is 5. The van der Waals surface area contributed by atoms with Crippen LogP contribution in [0, 0.1) is 5.82 Å². The maximum absolute atomic E-state index is 13.0. The summed E-state index contributed by atoms with van der Waals surface area (Å²) in [4.78, 5) is 12.9. The Morgan fingerprint density at radius 3 is 2.58 bits per heavy atom. The van der Waals surface area contributed by atoms with Crippen molar-refractivity contribution in [1.82, 2.24) is 15.0 Å². The number of fused-ring (bicyclic) bond motifs is 1. The van der Waals surface area contributed by atoms with Gasteiger partial charge in [0, 0.05) is 6.54 Å². The Balaban J connectivity index is 1.52. The van der Waals surface area contributed by atoms with Gasteiger partial charge in [0.25, 0.3) is 0 Å². The van der Waals surface area contributed by atoms with Crippen molar-refractivity contribution < 1.29 is 4.39 Å². The molecule has 6 nitrogen and oxygen atoms in total. The van der Waals surface area contributed by atoms with Gasteiger partial charge < -0.3 is 16.4 Å². The monoisotopic (exact) mass is 366 g/mol. The molecule has 2 aromatic heterocycles. The molecule has 4 aromatic rings. The SMILES string of the molecule is Nc1c(NCc2ccc(F)cc2)ncnc1Nc1nc2ccccc2s1. The number of benzene rings is 2. The lowest BCUT2D eigenvalue weighted by atomic mass is 10.2. The minimum Gasteiger partial charge on any atom is -0.393 e. The summed E-state index contributed by atoms with van der Waals surface area (Å²) in [6, 6.07) is 14.1. The summed E-state index contributed by atoms with van der Waals surface area (Å²) in [5, 5.41) is 7.00. The van der Waals surface area contributed by atoms with E-state index in [1.807, 2.05) is 24.3 Å². The molecule has 2 aromatic carbocycles. The second kappa shape index (κ2) is 6.93. The van der Waals surface area contributed by atoms with Crippen LogP contribution < -0.4 is 16.4 Å². The van der Waals surface area contributed by atoms with Crippen LogP contribution in [0.15, 0.2) is 54.9 Å². The Hall–Kier alpha value is -3.26. The lowest BCUT2D eigenvalue weighted by molar-refractivity contribution is 0.627. The smallest absolute Gasteiger partial charge is 0.189 e. The molecule has 26 heavy (non-hydrogen) atoms. The number of aromatic nitrogens is 3. The first-order valence-electron chi connectivity index (χ1n) is 7.90. The van der Waals surface area contributed by atoms with Gasteiger partial charge in [-0.15, -0.1) is 0 Å². The number of nitrogens with two attached hydrogens (primary N) is 1. The van der Waals surface area contributed by atoms with Gasteiger partial charge in [0.2, 0.25) is 0 Å². The minimum atomic E-state index is -0.266. The van der Waals surface area contributed by atoms with Crippen molar-refractivity contribution in [1.29, 1.82) is 0 Å². The van der Waals surface area contributed by atoms with Crippen LogP contribution in [-0.2, 0) is 6.54 Å². The van der Waals surface area contributed by atoms with E-state index < -0.39 is 0 Å². The molecule has 0 aliphatic heterocycles. The van der Waals surface area contributed by atoms with E-state index in [2.05, 4.69) is 25.6 Å². The summed E-state index contributed by atoms with van der Waals surface area (Å²) < 4.78 is 14.1. The predicted octanol–water partition coefficient (Wildman–Crippen LogP) is 4.16. The van der Waals surface area contributed by atoms with Crippen molar-refractivity contribution in [2.75, 3.05) is 16.4 Å². The van der Waals surface area contributed by atoms with Gasteiger partial charge in [0.1, 0.15) is 17.8 Å². The van der Waals surface area contributed by atoms with Crippen LogP contribution in [0.2, 0.25) is 0 Å².